The lowest BCUT2D eigenvalue weighted by Crippen LogP contribution is -2.28. The van der Waals surface area contributed by atoms with Crippen LogP contribution in [-0.2, 0) is 18.0 Å². The molecule has 2 aliphatic rings. The maximum Gasteiger partial charge on any atom is 0.225 e. The quantitative estimate of drug-likeness (QED) is 0.519. The summed E-state index contributed by atoms with van der Waals surface area (Å²) in [5.74, 6) is 0.469. The lowest BCUT2D eigenvalue weighted by atomic mass is 10.2. The minimum Gasteiger partial charge on any atom is -0.340 e. The molecule has 1 fully saturated rings. The van der Waals surface area contributed by atoms with Gasteiger partial charge in [-0.05, 0) is 43.2 Å². The molecule has 0 saturated heterocycles. The number of para-hydroxylation sites is 1. The number of nitrogens with one attached hydrogen (secondary N) is 1. The summed E-state index contributed by atoms with van der Waals surface area (Å²) in [5, 5.41) is 6.85. The van der Waals surface area contributed by atoms with Crippen LogP contribution in [0.5, 0.6) is 0 Å². The Bertz CT molecular complexity index is 1400. The van der Waals surface area contributed by atoms with Crippen LogP contribution in [0.3, 0.4) is 0 Å². The summed E-state index contributed by atoms with van der Waals surface area (Å²) in [6, 6.07) is 14.9. The first kappa shape index (κ1) is 17.1. The van der Waals surface area contributed by atoms with Crippen molar-refractivity contribution in [2.24, 2.45) is 11.0 Å². The molecule has 0 bridgehead atoms. The second kappa shape index (κ2) is 6.10. The van der Waals surface area contributed by atoms with Crippen LogP contribution in [0, 0.1) is 5.92 Å². The van der Waals surface area contributed by atoms with Crippen LogP contribution in [-0.4, -0.2) is 26.8 Å². The van der Waals surface area contributed by atoms with E-state index in [1.54, 1.807) is 0 Å². The summed E-state index contributed by atoms with van der Waals surface area (Å²) >= 11 is 3.65. The summed E-state index contributed by atoms with van der Waals surface area (Å²) in [7, 11) is 1.91. The van der Waals surface area contributed by atoms with Gasteiger partial charge in [-0.25, -0.2) is 0 Å². The molecule has 0 radical (unpaired) electrons. The number of carbonyl (C=O) groups is 1. The fourth-order valence-electron chi connectivity index (χ4n) is 4.47. The van der Waals surface area contributed by atoms with Crippen molar-refractivity contribution in [2.75, 3.05) is 7.05 Å². The Morgan fingerprint density at radius 1 is 1.24 bits per heavy atom. The number of fused-ring (bicyclic) bond motifs is 5. The highest BCUT2D eigenvalue weighted by atomic mass is 79.9. The number of carbonyl (C=O) groups excluding carboxylic acids is 1. The van der Waals surface area contributed by atoms with E-state index in [1.807, 2.05) is 11.9 Å². The molecule has 0 atom stereocenters. The summed E-state index contributed by atoms with van der Waals surface area (Å²) < 4.78 is 5.55. The van der Waals surface area contributed by atoms with Crippen LogP contribution in [0.15, 0.2) is 52.0 Å². The molecule has 6 nitrogen and oxygen atoms in total. The highest BCUT2D eigenvalue weighted by Gasteiger charge is 2.32. The Balaban J connectivity index is 1.73. The molecular formula is C22H20BrN5O. The first-order valence-corrected chi connectivity index (χ1v) is 10.7. The third kappa shape index (κ3) is 2.53. The maximum atomic E-state index is 12.6. The van der Waals surface area contributed by atoms with Gasteiger partial charge >= 0.3 is 0 Å². The lowest BCUT2D eigenvalue weighted by Gasteiger charge is -2.17. The molecular weight excluding hydrogens is 430 g/mol. The third-order valence-corrected chi connectivity index (χ3v) is 6.47. The number of halogens is 1. The Hall–Kier alpha value is -2.80. The number of benzene rings is 2. The molecule has 0 unspecified atom stereocenters. The fourth-order valence-corrected chi connectivity index (χ4v) is 4.82. The summed E-state index contributed by atoms with van der Waals surface area (Å²) in [6.07, 6.45) is 2.04. The number of nitrogens with zero attached hydrogens (tertiary/aromatic N) is 4. The Kier molecular flexibility index (Phi) is 3.59. The molecule has 1 N–H and O–H groups in total. The molecule has 0 spiro atoms. The van der Waals surface area contributed by atoms with E-state index in [1.165, 1.54) is 0 Å². The summed E-state index contributed by atoms with van der Waals surface area (Å²) in [5.41, 5.74) is 8.51. The molecule has 146 valence electrons. The molecule has 29 heavy (non-hydrogen) atoms. The van der Waals surface area contributed by atoms with Crippen molar-refractivity contribution < 1.29 is 4.79 Å². The number of aromatic nitrogens is 2. The van der Waals surface area contributed by atoms with Gasteiger partial charge in [0.15, 0.2) is 5.49 Å². The van der Waals surface area contributed by atoms with Gasteiger partial charge < -0.3 is 13.9 Å². The zero-order valence-electron chi connectivity index (χ0n) is 16.0. The van der Waals surface area contributed by atoms with Gasteiger partial charge in [0.25, 0.3) is 0 Å². The van der Waals surface area contributed by atoms with Gasteiger partial charge in [0, 0.05) is 33.9 Å². The van der Waals surface area contributed by atoms with Crippen molar-refractivity contribution in [3.63, 3.8) is 0 Å². The molecule has 2 aromatic carbocycles. The van der Waals surface area contributed by atoms with Gasteiger partial charge in [0.1, 0.15) is 6.67 Å². The monoisotopic (exact) mass is 449 g/mol. The second-order valence-corrected chi connectivity index (χ2v) is 8.91. The largest absolute Gasteiger partial charge is 0.340 e. The van der Waals surface area contributed by atoms with Gasteiger partial charge in [-0.1, -0.05) is 28.1 Å². The van der Waals surface area contributed by atoms with Crippen molar-refractivity contribution in [3.8, 4) is 0 Å². The van der Waals surface area contributed by atoms with E-state index in [9.17, 15) is 4.79 Å². The SMILES string of the molecule is CN(Cc1cc2cccc3c4n(c5ccc(Br)cc5n1c23)CNN=4)C(=O)C1CC1. The normalized spacial score (nSPS) is 15.5. The van der Waals surface area contributed by atoms with Crippen molar-refractivity contribution in [1.82, 2.24) is 19.3 Å². The van der Waals surface area contributed by atoms with Crippen molar-refractivity contribution >= 4 is 49.2 Å². The Morgan fingerprint density at radius 2 is 2.10 bits per heavy atom. The molecule has 1 saturated carbocycles. The third-order valence-electron chi connectivity index (χ3n) is 5.98. The van der Waals surface area contributed by atoms with Crippen molar-refractivity contribution in [3.05, 3.63) is 58.1 Å². The Labute approximate surface area is 175 Å². The Morgan fingerprint density at radius 3 is 2.93 bits per heavy atom. The number of rotatable bonds is 3. The van der Waals surface area contributed by atoms with Crippen LogP contribution in [0.25, 0.3) is 27.3 Å². The van der Waals surface area contributed by atoms with E-state index in [2.05, 4.69) is 77.9 Å². The van der Waals surface area contributed by atoms with Crippen molar-refractivity contribution in [2.45, 2.75) is 26.1 Å². The molecule has 4 aromatic rings. The van der Waals surface area contributed by atoms with Gasteiger partial charge in [0.05, 0.1) is 23.1 Å². The van der Waals surface area contributed by atoms with Gasteiger partial charge in [-0.2, -0.15) is 5.10 Å². The standard InChI is InChI=1S/C22H20BrN5O/c1-26(22(29)13-5-6-13)11-16-9-14-3-2-4-17-20(14)28(16)19-10-15(23)7-8-18(19)27-12-24-25-21(17)27/h2-4,7-10,13,24H,5-6,11-12H2,1H3. The molecule has 7 heteroatoms. The van der Waals surface area contributed by atoms with Crippen LogP contribution in [0.4, 0.5) is 0 Å². The van der Waals surface area contributed by atoms with Crippen LogP contribution in [0.2, 0.25) is 0 Å². The molecule has 6 rings (SSSR count). The smallest absolute Gasteiger partial charge is 0.225 e. The predicted molar refractivity (Wildman–Crippen MR) is 116 cm³/mol. The van der Waals surface area contributed by atoms with Crippen LogP contribution < -0.4 is 10.9 Å². The maximum absolute atomic E-state index is 12.6. The minimum atomic E-state index is 0.219. The van der Waals surface area contributed by atoms with E-state index < -0.39 is 0 Å². The molecule has 1 aliphatic heterocycles. The minimum absolute atomic E-state index is 0.219. The van der Waals surface area contributed by atoms with E-state index in [-0.39, 0.29) is 11.8 Å². The van der Waals surface area contributed by atoms with Crippen molar-refractivity contribution in [1.29, 1.82) is 0 Å². The van der Waals surface area contributed by atoms with Crippen LogP contribution in [0.1, 0.15) is 18.5 Å². The number of hydrogen-bond acceptors (Lipinski definition) is 3. The van der Waals surface area contributed by atoms with Gasteiger partial charge in [-0.15, -0.1) is 0 Å². The average Bonchev–Trinajstić information content (AvgIpc) is 3.36. The zero-order chi connectivity index (χ0) is 19.7. The van der Waals surface area contributed by atoms with Gasteiger partial charge in [0.2, 0.25) is 5.91 Å². The summed E-state index contributed by atoms with van der Waals surface area (Å²) in [4.78, 5) is 14.5. The fraction of sp³-hybridized carbons (Fsp3) is 0.273. The van der Waals surface area contributed by atoms with E-state index in [0.717, 1.165) is 55.8 Å². The topological polar surface area (TPSA) is 54.0 Å². The highest BCUT2D eigenvalue weighted by molar-refractivity contribution is 9.10. The second-order valence-electron chi connectivity index (χ2n) is 8.00. The van der Waals surface area contributed by atoms with E-state index in [4.69, 9.17) is 0 Å². The number of amides is 1. The predicted octanol–water partition coefficient (Wildman–Crippen LogP) is 3.55. The molecule has 3 heterocycles. The zero-order valence-corrected chi connectivity index (χ0v) is 17.6. The molecule has 2 aromatic heterocycles. The summed E-state index contributed by atoms with van der Waals surface area (Å²) in [6.45, 7) is 1.22. The molecule has 1 amide bonds. The van der Waals surface area contributed by atoms with Gasteiger partial charge in [-0.3, -0.25) is 10.2 Å². The molecule has 1 aliphatic carbocycles. The first-order chi connectivity index (χ1) is 14.1. The highest BCUT2D eigenvalue weighted by Crippen LogP contribution is 2.32. The number of hydrogen-bond donors (Lipinski definition) is 1. The lowest BCUT2D eigenvalue weighted by molar-refractivity contribution is -0.131. The average molecular weight is 450 g/mol. The van der Waals surface area contributed by atoms with E-state index >= 15 is 0 Å². The van der Waals surface area contributed by atoms with Crippen LogP contribution >= 0.6 is 15.9 Å². The van der Waals surface area contributed by atoms with E-state index in [0.29, 0.717) is 13.2 Å². The first-order valence-electron chi connectivity index (χ1n) is 9.88.